The van der Waals surface area contributed by atoms with Crippen molar-refractivity contribution in [3.63, 3.8) is 0 Å². The van der Waals surface area contributed by atoms with Crippen LogP contribution in [-0.4, -0.2) is 46.0 Å². The van der Waals surface area contributed by atoms with Crippen LogP contribution in [0.15, 0.2) is 24.3 Å². The number of nitrogens with two attached hydrogens (primary N) is 1. The van der Waals surface area contributed by atoms with E-state index in [-0.39, 0.29) is 0 Å². The highest BCUT2D eigenvalue weighted by molar-refractivity contribution is 5.27. The molecule has 0 spiro atoms. The molecule has 106 valence electrons. The van der Waals surface area contributed by atoms with Crippen LogP contribution in [0.4, 0.5) is 0 Å². The van der Waals surface area contributed by atoms with Crippen LogP contribution in [-0.2, 0) is 11.3 Å². The summed E-state index contributed by atoms with van der Waals surface area (Å²) in [5.41, 5.74) is 6.45. The molecule has 1 aliphatic heterocycles. The second-order valence-corrected chi connectivity index (χ2v) is 4.65. The van der Waals surface area contributed by atoms with Gasteiger partial charge >= 0.3 is 0 Å². The fourth-order valence-electron chi connectivity index (χ4n) is 1.95. The maximum absolute atomic E-state index is 9.81. The Kier molecular flexibility index (Phi) is 4.38. The van der Waals surface area contributed by atoms with E-state index < -0.39 is 30.7 Å². The van der Waals surface area contributed by atoms with Crippen LogP contribution in [0.25, 0.3) is 0 Å². The number of aliphatic hydroxyl groups excluding tert-OH is 3. The molecule has 0 radical (unpaired) electrons. The van der Waals surface area contributed by atoms with E-state index in [1.807, 2.05) is 0 Å². The molecule has 1 heterocycles. The van der Waals surface area contributed by atoms with Crippen LogP contribution >= 0.6 is 0 Å². The van der Waals surface area contributed by atoms with Crippen LogP contribution in [0.1, 0.15) is 12.5 Å². The van der Waals surface area contributed by atoms with Crippen LogP contribution < -0.4 is 10.5 Å². The van der Waals surface area contributed by atoms with Crippen LogP contribution in [0, 0.1) is 0 Å². The SMILES string of the molecule is C[C@@H]1O[C@@H](Oc2ccc(CN)cc2)[C@H](O)[C@H](O)[C@H]1O. The zero-order valence-electron chi connectivity index (χ0n) is 10.6. The summed E-state index contributed by atoms with van der Waals surface area (Å²) in [4.78, 5) is 0. The Bertz CT molecular complexity index is 410. The molecule has 6 heteroatoms. The summed E-state index contributed by atoms with van der Waals surface area (Å²) in [6.45, 7) is 2.04. The number of hydrogen-bond acceptors (Lipinski definition) is 6. The topological polar surface area (TPSA) is 105 Å². The molecule has 0 saturated carbocycles. The quantitative estimate of drug-likeness (QED) is 0.581. The molecule has 1 aromatic carbocycles. The first-order valence-electron chi connectivity index (χ1n) is 6.18. The van der Waals surface area contributed by atoms with Gasteiger partial charge in [0.1, 0.15) is 24.1 Å². The van der Waals surface area contributed by atoms with E-state index in [9.17, 15) is 15.3 Å². The second-order valence-electron chi connectivity index (χ2n) is 4.65. The molecular formula is C13H19NO5. The second kappa shape index (κ2) is 5.85. The molecule has 0 amide bonds. The zero-order valence-corrected chi connectivity index (χ0v) is 10.6. The lowest BCUT2D eigenvalue weighted by atomic mass is 10.00. The Balaban J connectivity index is 2.05. The normalized spacial score (nSPS) is 35.1. The number of hydrogen-bond donors (Lipinski definition) is 4. The zero-order chi connectivity index (χ0) is 14.0. The molecule has 6 nitrogen and oxygen atoms in total. The number of rotatable bonds is 3. The van der Waals surface area contributed by atoms with E-state index in [0.717, 1.165) is 5.56 Å². The van der Waals surface area contributed by atoms with Gasteiger partial charge in [0.25, 0.3) is 0 Å². The van der Waals surface area contributed by atoms with Crippen molar-refractivity contribution in [2.75, 3.05) is 0 Å². The standard InChI is InChI=1S/C13H19NO5/c1-7-10(15)11(16)12(17)13(18-7)19-9-4-2-8(6-14)3-5-9/h2-5,7,10-13,15-17H,6,14H2,1H3/t7-,10-,11+,12+,13-/m0/s1. The van der Waals surface area contributed by atoms with Crippen molar-refractivity contribution in [1.82, 2.24) is 0 Å². The van der Waals surface area contributed by atoms with Gasteiger partial charge in [0, 0.05) is 6.54 Å². The van der Waals surface area contributed by atoms with Gasteiger partial charge in [0.2, 0.25) is 6.29 Å². The van der Waals surface area contributed by atoms with Gasteiger partial charge in [-0.2, -0.15) is 0 Å². The maximum atomic E-state index is 9.81. The van der Waals surface area contributed by atoms with Gasteiger partial charge in [-0.3, -0.25) is 0 Å². The van der Waals surface area contributed by atoms with Gasteiger partial charge in [-0.15, -0.1) is 0 Å². The molecule has 0 aromatic heterocycles. The Hall–Kier alpha value is -1.18. The number of aliphatic hydroxyl groups is 3. The molecule has 0 bridgehead atoms. The van der Waals surface area contributed by atoms with Gasteiger partial charge < -0.3 is 30.5 Å². The van der Waals surface area contributed by atoms with E-state index in [4.69, 9.17) is 15.2 Å². The van der Waals surface area contributed by atoms with Crippen LogP contribution in [0.2, 0.25) is 0 Å². The minimum atomic E-state index is -1.31. The monoisotopic (exact) mass is 269 g/mol. The highest BCUT2D eigenvalue weighted by Gasteiger charge is 2.43. The number of benzene rings is 1. The molecule has 1 aliphatic rings. The van der Waals surface area contributed by atoms with Gasteiger partial charge in [0.05, 0.1) is 6.10 Å². The lowest BCUT2D eigenvalue weighted by molar-refractivity contribution is -0.268. The van der Waals surface area contributed by atoms with Crippen molar-refractivity contribution >= 4 is 0 Å². The average molecular weight is 269 g/mol. The molecule has 0 unspecified atom stereocenters. The first-order chi connectivity index (χ1) is 9.02. The van der Waals surface area contributed by atoms with E-state index in [2.05, 4.69) is 0 Å². The maximum Gasteiger partial charge on any atom is 0.229 e. The van der Waals surface area contributed by atoms with Crippen molar-refractivity contribution in [3.8, 4) is 5.75 Å². The summed E-state index contributed by atoms with van der Waals surface area (Å²) >= 11 is 0. The van der Waals surface area contributed by atoms with Crippen LogP contribution in [0.3, 0.4) is 0 Å². The first kappa shape index (κ1) is 14.2. The Labute approximate surface area is 111 Å². The van der Waals surface area contributed by atoms with Crippen molar-refractivity contribution < 1.29 is 24.8 Å². The van der Waals surface area contributed by atoms with E-state index in [0.29, 0.717) is 12.3 Å². The molecule has 2 rings (SSSR count). The van der Waals surface area contributed by atoms with Crippen LogP contribution in [0.5, 0.6) is 5.75 Å². The minimum Gasteiger partial charge on any atom is -0.462 e. The molecule has 1 saturated heterocycles. The van der Waals surface area contributed by atoms with Gasteiger partial charge in [-0.05, 0) is 24.6 Å². The molecule has 19 heavy (non-hydrogen) atoms. The lowest BCUT2D eigenvalue weighted by Crippen LogP contribution is -2.58. The van der Waals surface area contributed by atoms with E-state index in [1.165, 1.54) is 0 Å². The van der Waals surface area contributed by atoms with E-state index in [1.54, 1.807) is 31.2 Å². The van der Waals surface area contributed by atoms with Crippen molar-refractivity contribution in [2.45, 2.75) is 44.2 Å². The predicted octanol–water partition coefficient (Wildman–Crippen LogP) is -0.648. The molecule has 1 fully saturated rings. The van der Waals surface area contributed by atoms with Crippen molar-refractivity contribution in [2.24, 2.45) is 5.73 Å². The van der Waals surface area contributed by atoms with Gasteiger partial charge in [-0.1, -0.05) is 12.1 Å². The van der Waals surface area contributed by atoms with Gasteiger partial charge in [-0.25, -0.2) is 0 Å². The molecule has 5 atom stereocenters. The smallest absolute Gasteiger partial charge is 0.229 e. The summed E-state index contributed by atoms with van der Waals surface area (Å²) in [7, 11) is 0. The third-order valence-electron chi connectivity index (χ3n) is 3.22. The van der Waals surface area contributed by atoms with Gasteiger partial charge in [0.15, 0.2) is 0 Å². The summed E-state index contributed by atoms with van der Waals surface area (Å²) < 4.78 is 10.8. The average Bonchev–Trinajstić information content (AvgIpc) is 2.43. The Morgan fingerprint density at radius 1 is 1.11 bits per heavy atom. The fourth-order valence-corrected chi connectivity index (χ4v) is 1.95. The highest BCUT2D eigenvalue weighted by atomic mass is 16.7. The lowest BCUT2D eigenvalue weighted by Gasteiger charge is -2.38. The Morgan fingerprint density at radius 2 is 1.74 bits per heavy atom. The molecule has 0 aliphatic carbocycles. The van der Waals surface area contributed by atoms with E-state index >= 15 is 0 Å². The summed E-state index contributed by atoms with van der Waals surface area (Å²) in [6.07, 6.45) is -5.37. The molecular weight excluding hydrogens is 250 g/mol. The highest BCUT2D eigenvalue weighted by Crippen LogP contribution is 2.24. The summed E-state index contributed by atoms with van der Waals surface area (Å²) in [5.74, 6) is 0.497. The molecule has 1 aromatic rings. The predicted molar refractivity (Wildman–Crippen MR) is 67.3 cm³/mol. The summed E-state index contributed by atoms with van der Waals surface area (Å²) in [6, 6.07) is 7.03. The minimum absolute atomic E-state index is 0.435. The third-order valence-corrected chi connectivity index (χ3v) is 3.22. The number of ether oxygens (including phenoxy) is 2. The third kappa shape index (κ3) is 3.05. The molecule has 5 N–H and O–H groups in total. The van der Waals surface area contributed by atoms with Crippen molar-refractivity contribution in [1.29, 1.82) is 0 Å². The first-order valence-corrected chi connectivity index (χ1v) is 6.18. The fraction of sp³-hybridized carbons (Fsp3) is 0.538. The van der Waals surface area contributed by atoms with Crippen molar-refractivity contribution in [3.05, 3.63) is 29.8 Å². The summed E-state index contributed by atoms with van der Waals surface area (Å²) in [5, 5.41) is 29.0. The Morgan fingerprint density at radius 3 is 2.32 bits per heavy atom. The largest absolute Gasteiger partial charge is 0.462 e.